The highest BCUT2D eigenvalue weighted by molar-refractivity contribution is 7.92. The van der Waals surface area contributed by atoms with Gasteiger partial charge in [0.05, 0.1) is 0 Å². The Balaban J connectivity index is 3.87. The van der Waals surface area contributed by atoms with E-state index >= 15 is 0 Å². The summed E-state index contributed by atoms with van der Waals surface area (Å²) in [6.45, 7) is 5.77. The van der Waals surface area contributed by atoms with Crippen LogP contribution in [0, 0.1) is 0 Å². The van der Waals surface area contributed by atoms with Crippen molar-refractivity contribution in [2.45, 2.75) is 26.2 Å². The number of allylic oxidation sites excluding steroid dienone is 1. The van der Waals surface area contributed by atoms with E-state index < -0.39 is 10.0 Å². The average molecular weight is 203 g/mol. The van der Waals surface area contributed by atoms with Gasteiger partial charge in [-0.1, -0.05) is 31.9 Å². The first kappa shape index (κ1) is 12.4. The Morgan fingerprint density at radius 1 is 1.46 bits per heavy atom. The molecule has 0 aliphatic heterocycles. The first-order valence-corrected chi connectivity index (χ1v) is 5.94. The molecule has 0 aliphatic carbocycles. The number of rotatable bonds is 7. The molecule has 0 radical (unpaired) electrons. The van der Waals surface area contributed by atoms with Crippen LogP contribution in [0.1, 0.15) is 26.2 Å². The van der Waals surface area contributed by atoms with E-state index in [1.807, 2.05) is 0 Å². The zero-order chi connectivity index (χ0) is 10.2. The zero-order valence-electron chi connectivity index (χ0n) is 7.99. The summed E-state index contributed by atoms with van der Waals surface area (Å²) < 4.78 is 24.6. The topological polar surface area (TPSA) is 46.2 Å². The molecule has 4 heteroatoms. The van der Waals surface area contributed by atoms with Crippen molar-refractivity contribution < 1.29 is 8.42 Å². The third kappa shape index (κ3) is 7.74. The summed E-state index contributed by atoms with van der Waals surface area (Å²) in [6, 6.07) is 0. The fourth-order valence-electron chi connectivity index (χ4n) is 0.740. The fraction of sp³-hybridized carbons (Fsp3) is 0.556. The minimum atomic E-state index is -3.23. The molecular formula is C9H17NO2S. The lowest BCUT2D eigenvalue weighted by molar-refractivity contribution is 0.594. The highest BCUT2D eigenvalue weighted by atomic mass is 32.2. The van der Waals surface area contributed by atoms with Crippen LogP contribution in [0.3, 0.4) is 0 Å². The summed E-state index contributed by atoms with van der Waals surface area (Å²) in [6.07, 6.45) is 6.09. The van der Waals surface area contributed by atoms with Gasteiger partial charge in [-0.3, -0.25) is 0 Å². The quantitative estimate of drug-likeness (QED) is 0.506. The van der Waals surface area contributed by atoms with Crippen LogP contribution in [0.25, 0.3) is 0 Å². The van der Waals surface area contributed by atoms with Crippen LogP contribution < -0.4 is 4.72 Å². The summed E-state index contributed by atoms with van der Waals surface area (Å²) in [5, 5.41) is 1.21. The second-order valence-corrected chi connectivity index (χ2v) is 4.35. The van der Waals surface area contributed by atoms with Crippen LogP contribution in [0.15, 0.2) is 24.1 Å². The van der Waals surface area contributed by atoms with Gasteiger partial charge in [0, 0.05) is 12.0 Å². The van der Waals surface area contributed by atoms with E-state index in [1.165, 1.54) is 11.5 Å². The average Bonchev–Trinajstić information content (AvgIpc) is 2.09. The fourth-order valence-corrected chi connectivity index (χ4v) is 1.58. The molecule has 0 bridgehead atoms. The summed E-state index contributed by atoms with van der Waals surface area (Å²) >= 11 is 0. The lowest BCUT2D eigenvalue weighted by Gasteiger charge is -1.97. The Bertz CT molecular complexity index is 255. The van der Waals surface area contributed by atoms with Crippen LogP contribution in [-0.4, -0.2) is 15.0 Å². The lowest BCUT2D eigenvalue weighted by atomic mass is 10.2. The summed E-state index contributed by atoms with van der Waals surface area (Å²) in [4.78, 5) is 0. The minimum absolute atomic E-state index is 0.278. The van der Waals surface area contributed by atoms with E-state index in [-0.39, 0.29) is 6.54 Å². The molecule has 0 heterocycles. The Morgan fingerprint density at radius 3 is 2.69 bits per heavy atom. The van der Waals surface area contributed by atoms with E-state index in [1.54, 1.807) is 6.08 Å². The largest absolute Gasteiger partial charge is 0.233 e. The number of sulfonamides is 1. The number of hydrogen-bond donors (Lipinski definition) is 1. The van der Waals surface area contributed by atoms with E-state index in [9.17, 15) is 8.42 Å². The van der Waals surface area contributed by atoms with Crippen LogP contribution in [0.4, 0.5) is 0 Å². The summed E-state index contributed by atoms with van der Waals surface area (Å²) in [5.41, 5.74) is 0. The Morgan fingerprint density at radius 2 is 2.15 bits per heavy atom. The van der Waals surface area contributed by atoms with Crippen LogP contribution in [0.2, 0.25) is 0 Å². The van der Waals surface area contributed by atoms with Crippen LogP contribution in [0.5, 0.6) is 0 Å². The van der Waals surface area contributed by atoms with Crippen molar-refractivity contribution in [1.82, 2.24) is 4.72 Å². The highest BCUT2D eigenvalue weighted by Crippen LogP contribution is 1.96. The van der Waals surface area contributed by atoms with Gasteiger partial charge in [-0.25, -0.2) is 13.1 Å². The standard InChI is InChI=1S/C9H17NO2S/c1-3-5-6-7-9-13(11,12)10-8-4-2/h4,7,9-10H,2-3,5-6,8H2,1H3/b9-7+. The summed E-state index contributed by atoms with van der Waals surface area (Å²) in [7, 11) is -3.23. The number of hydrogen-bond acceptors (Lipinski definition) is 2. The number of unbranched alkanes of at least 4 members (excludes halogenated alkanes) is 2. The molecule has 0 rings (SSSR count). The predicted molar refractivity (Wildman–Crippen MR) is 55.8 cm³/mol. The molecule has 0 aromatic heterocycles. The zero-order valence-corrected chi connectivity index (χ0v) is 8.81. The van der Waals surface area contributed by atoms with Crippen molar-refractivity contribution in [3.05, 3.63) is 24.1 Å². The molecular weight excluding hydrogens is 186 g/mol. The van der Waals surface area contributed by atoms with Crippen molar-refractivity contribution in [2.24, 2.45) is 0 Å². The molecule has 0 atom stereocenters. The van der Waals surface area contributed by atoms with Gasteiger partial charge >= 0.3 is 0 Å². The van der Waals surface area contributed by atoms with Crippen LogP contribution in [-0.2, 0) is 10.0 Å². The van der Waals surface area contributed by atoms with E-state index in [0.29, 0.717) is 0 Å². The maximum absolute atomic E-state index is 11.1. The second kappa shape index (κ2) is 6.86. The Kier molecular flexibility index (Phi) is 6.54. The molecule has 0 unspecified atom stereocenters. The van der Waals surface area contributed by atoms with Gasteiger partial charge in [0.15, 0.2) is 0 Å². The van der Waals surface area contributed by atoms with Crippen LogP contribution >= 0.6 is 0 Å². The van der Waals surface area contributed by atoms with Crippen molar-refractivity contribution in [1.29, 1.82) is 0 Å². The van der Waals surface area contributed by atoms with Gasteiger partial charge in [-0.05, 0) is 6.42 Å². The van der Waals surface area contributed by atoms with Crippen molar-refractivity contribution in [3.63, 3.8) is 0 Å². The minimum Gasteiger partial charge on any atom is -0.208 e. The van der Waals surface area contributed by atoms with Crippen molar-refractivity contribution in [2.75, 3.05) is 6.54 Å². The van der Waals surface area contributed by atoms with Gasteiger partial charge in [0.2, 0.25) is 10.0 Å². The van der Waals surface area contributed by atoms with Crippen molar-refractivity contribution in [3.8, 4) is 0 Å². The Hall–Kier alpha value is -0.610. The van der Waals surface area contributed by atoms with E-state index in [2.05, 4.69) is 18.2 Å². The first-order chi connectivity index (χ1) is 6.12. The van der Waals surface area contributed by atoms with Gasteiger partial charge in [-0.2, -0.15) is 0 Å². The first-order valence-electron chi connectivity index (χ1n) is 4.39. The molecule has 0 saturated heterocycles. The van der Waals surface area contributed by atoms with Gasteiger partial charge in [0.25, 0.3) is 0 Å². The maximum Gasteiger partial charge on any atom is 0.233 e. The van der Waals surface area contributed by atoms with Gasteiger partial charge in [0.1, 0.15) is 0 Å². The normalized spacial score (nSPS) is 12.1. The molecule has 76 valence electrons. The smallest absolute Gasteiger partial charge is 0.208 e. The predicted octanol–water partition coefficient (Wildman–Crippen LogP) is 1.80. The van der Waals surface area contributed by atoms with E-state index in [0.717, 1.165) is 19.3 Å². The van der Waals surface area contributed by atoms with Crippen molar-refractivity contribution >= 4 is 10.0 Å². The third-order valence-electron chi connectivity index (χ3n) is 1.43. The highest BCUT2D eigenvalue weighted by Gasteiger charge is 2.00. The molecule has 0 amide bonds. The third-order valence-corrected chi connectivity index (χ3v) is 2.55. The molecule has 0 saturated carbocycles. The maximum atomic E-state index is 11.1. The lowest BCUT2D eigenvalue weighted by Crippen LogP contribution is -2.20. The summed E-state index contributed by atoms with van der Waals surface area (Å²) in [5.74, 6) is 0. The second-order valence-electron chi connectivity index (χ2n) is 2.70. The van der Waals surface area contributed by atoms with Gasteiger partial charge in [-0.15, -0.1) is 6.58 Å². The Labute approximate surface area is 80.6 Å². The molecule has 0 aliphatic rings. The molecule has 0 aromatic carbocycles. The molecule has 0 spiro atoms. The molecule has 3 nitrogen and oxygen atoms in total. The monoisotopic (exact) mass is 203 g/mol. The molecule has 0 aromatic rings. The van der Waals surface area contributed by atoms with Gasteiger partial charge < -0.3 is 0 Å². The van der Waals surface area contributed by atoms with E-state index in [4.69, 9.17) is 0 Å². The number of nitrogens with one attached hydrogen (secondary N) is 1. The molecule has 0 fully saturated rings. The molecule has 1 N–H and O–H groups in total. The SMILES string of the molecule is C=CCNS(=O)(=O)/C=C/CCCC. The molecule has 13 heavy (non-hydrogen) atoms.